The number of thiophene rings is 1. The molecule has 0 bridgehead atoms. The van der Waals surface area contributed by atoms with Crippen LogP contribution in [0.2, 0.25) is 0 Å². The van der Waals surface area contributed by atoms with Gasteiger partial charge in [-0.05, 0) is 17.9 Å². The summed E-state index contributed by atoms with van der Waals surface area (Å²) in [6, 6.07) is 3.20. The van der Waals surface area contributed by atoms with Gasteiger partial charge in [-0.2, -0.15) is 4.31 Å². The van der Waals surface area contributed by atoms with E-state index in [2.05, 4.69) is 0 Å². The maximum Gasteiger partial charge on any atom is 0.252 e. The molecule has 1 atom stereocenters. The first kappa shape index (κ1) is 13.0. The summed E-state index contributed by atoms with van der Waals surface area (Å²) in [7, 11) is -6.67. The second-order valence-electron chi connectivity index (χ2n) is 4.04. The van der Waals surface area contributed by atoms with E-state index in [0.717, 1.165) is 17.6 Å². The van der Waals surface area contributed by atoms with Crippen molar-refractivity contribution >= 4 is 31.2 Å². The van der Waals surface area contributed by atoms with E-state index >= 15 is 0 Å². The van der Waals surface area contributed by atoms with Crippen molar-refractivity contribution in [3.05, 3.63) is 17.5 Å². The minimum atomic E-state index is -3.50. The fraction of sp³-hybridized carbons (Fsp3) is 0.556. The lowest BCUT2D eigenvalue weighted by Gasteiger charge is -2.14. The number of hydrogen-bond donors (Lipinski definition) is 0. The molecule has 1 aliphatic rings. The number of sulfone groups is 1. The minimum absolute atomic E-state index is 0.0685. The largest absolute Gasteiger partial charge is 0.252 e. The highest BCUT2D eigenvalue weighted by molar-refractivity contribution is 7.92. The van der Waals surface area contributed by atoms with Gasteiger partial charge < -0.3 is 0 Å². The third-order valence-electron chi connectivity index (χ3n) is 2.80. The Bertz CT molecular complexity index is 588. The molecule has 1 fully saturated rings. The van der Waals surface area contributed by atoms with Gasteiger partial charge in [0.2, 0.25) is 0 Å². The van der Waals surface area contributed by atoms with Crippen LogP contribution in [0.4, 0.5) is 0 Å². The highest BCUT2D eigenvalue weighted by Gasteiger charge is 2.37. The third-order valence-corrected chi connectivity index (χ3v) is 7.64. The Hall–Kier alpha value is -0.440. The molecule has 96 valence electrons. The van der Waals surface area contributed by atoms with E-state index in [1.54, 1.807) is 11.4 Å². The zero-order chi connectivity index (χ0) is 12.7. The Kier molecular flexibility index (Phi) is 3.32. The molecule has 0 amide bonds. The molecule has 1 aliphatic heterocycles. The van der Waals surface area contributed by atoms with Crippen molar-refractivity contribution in [2.45, 2.75) is 15.9 Å². The highest BCUT2D eigenvalue weighted by atomic mass is 32.2. The molecule has 8 heteroatoms. The van der Waals surface area contributed by atoms with Crippen LogP contribution in [0.25, 0.3) is 0 Å². The summed E-state index contributed by atoms with van der Waals surface area (Å²) in [5, 5.41) is 1.12. The predicted octanol–water partition coefficient (Wildman–Crippen LogP) is 0.556. The van der Waals surface area contributed by atoms with Crippen LogP contribution >= 0.6 is 11.3 Å². The molecule has 0 spiro atoms. The van der Waals surface area contributed by atoms with Crippen LogP contribution in [0.5, 0.6) is 0 Å². The zero-order valence-corrected chi connectivity index (χ0v) is 11.7. The van der Waals surface area contributed by atoms with Crippen molar-refractivity contribution in [3.63, 3.8) is 0 Å². The lowest BCUT2D eigenvalue weighted by atomic mass is 10.4. The summed E-state index contributed by atoms with van der Waals surface area (Å²) in [4.78, 5) is 0. The Morgan fingerprint density at radius 1 is 1.35 bits per heavy atom. The lowest BCUT2D eigenvalue weighted by molar-refractivity contribution is 0.478. The molecular weight excluding hydrogens is 282 g/mol. The smallest absolute Gasteiger partial charge is 0.229 e. The molecule has 0 saturated carbocycles. The van der Waals surface area contributed by atoms with Crippen LogP contribution in [0, 0.1) is 0 Å². The van der Waals surface area contributed by atoms with E-state index in [9.17, 15) is 16.8 Å². The van der Waals surface area contributed by atoms with Crippen molar-refractivity contribution in [2.75, 3.05) is 19.3 Å². The van der Waals surface area contributed by atoms with Crippen molar-refractivity contribution < 1.29 is 16.8 Å². The average Bonchev–Trinajstić information content (AvgIpc) is 2.89. The van der Waals surface area contributed by atoms with Gasteiger partial charge in [0.15, 0.2) is 9.84 Å². The number of nitrogens with zero attached hydrogens (tertiary/aromatic N) is 1. The van der Waals surface area contributed by atoms with Crippen molar-refractivity contribution in [1.82, 2.24) is 4.31 Å². The number of sulfonamides is 1. The van der Waals surface area contributed by atoms with E-state index in [-0.39, 0.29) is 17.3 Å². The van der Waals surface area contributed by atoms with E-state index < -0.39 is 25.1 Å². The minimum Gasteiger partial charge on any atom is -0.229 e. The van der Waals surface area contributed by atoms with Gasteiger partial charge in [0.25, 0.3) is 10.0 Å². The molecule has 2 heterocycles. The zero-order valence-electron chi connectivity index (χ0n) is 9.24. The summed E-state index contributed by atoms with van der Waals surface area (Å²) in [5.74, 6) is 0. The molecule has 17 heavy (non-hydrogen) atoms. The molecule has 1 saturated heterocycles. The van der Waals surface area contributed by atoms with Gasteiger partial charge in [0.1, 0.15) is 4.21 Å². The van der Waals surface area contributed by atoms with Gasteiger partial charge in [0.05, 0.1) is 5.25 Å². The van der Waals surface area contributed by atoms with E-state index in [1.807, 2.05) is 0 Å². The van der Waals surface area contributed by atoms with Crippen LogP contribution in [-0.2, 0) is 19.9 Å². The molecule has 0 aliphatic carbocycles. The third kappa shape index (κ3) is 2.54. The molecule has 0 radical (unpaired) electrons. The van der Waals surface area contributed by atoms with Gasteiger partial charge in [-0.15, -0.1) is 11.3 Å². The van der Waals surface area contributed by atoms with Crippen molar-refractivity contribution in [3.8, 4) is 0 Å². The standard InChI is InChI=1S/C9H13NO4S3/c1-16(11,12)8-4-5-10(7-8)17(13,14)9-3-2-6-15-9/h2-3,6,8H,4-5,7H2,1H3/t8-/m1/s1. The maximum atomic E-state index is 12.1. The van der Waals surface area contributed by atoms with Crippen molar-refractivity contribution in [1.29, 1.82) is 0 Å². The van der Waals surface area contributed by atoms with Crippen LogP contribution in [0.15, 0.2) is 21.7 Å². The Morgan fingerprint density at radius 3 is 2.53 bits per heavy atom. The molecule has 0 N–H and O–H groups in total. The average molecular weight is 295 g/mol. The molecule has 5 nitrogen and oxygen atoms in total. The molecule has 1 aromatic heterocycles. The van der Waals surface area contributed by atoms with Crippen LogP contribution < -0.4 is 0 Å². The molecular formula is C9H13NO4S3. The first-order valence-electron chi connectivity index (χ1n) is 5.04. The summed E-state index contributed by atoms with van der Waals surface area (Å²) < 4.78 is 48.5. The normalized spacial score (nSPS) is 23.0. The molecule has 0 unspecified atom stereocenters. The topological polar surface area (TPSA) is 71.5 Å². The monoisotopic (exact) mass is 295 g/mol. The van der Waals surface area contributed by atoms with Crippen LogP contribution in [0.1, 0.15) is 6.42 Å². The summed E-state index contributed by atoms with van der Waals surface area (Å²) in [6.07, 6.45) is 1.53. The second kappa shape index (κ2) is 4.34. The SMILES string of the molecule is CS(=O)(=O)[C@@H]1CCN(S(=O)(=O)c2cccs2)C1. The fourth-order valence-electron chi connectivity index (χ4n) is 1.80. The Morgan fingerprint density at radius 2 is 2.06 bits per heavy atom. The molecule has 0 aromatic carbocycles. The van der Waals surface area contributed by atoms with Gasteiger partial charge in [-0.3, -0.25) is 0 Å². The summed E-state index contributed by atoms with van der Waals surface area (Å²) in [5.41, 5.74) is 0. The van der Waals surface area contributed by atoms with E-state index in [4.69, 9.17) is 0 Å². The van der Waals surface area contributed by atoms with Crippen molar-refractivity contribution in [2.24, 2.45) is 0 Å². The van der Waals surface area contributed by atoms with E-state index in [0.29, 0.717) is 6.42 Å². The fourth-order valence-corrected chi connectivity index (χ4v) is 5.53. The highest BCUT2D eigenvalue weighted by Crippen LogP contribution is 2.26. The van der Waals surface area contributed by atoms with Gasteiger partial charge in [-0.1, -0.05) is 6.07 Å². The predicted molar refractivity (Wildman–Crippen MR) is 66.3 cm³/mol. The van der Waals surface area contributed by atoms with E-state index in [1.165, 1.54) is 10.4 Å². The van der Waals surface area contributed by atoms with Gasteiger partial charge in [-0.25, -0.2) is 16.8 Å². The van der Waals surface area contributed by atoms with Gasteiger partial charge >= 0.3 is 0 Å². The van der Waals surface area contributed by atoms with Gasteiger partial charge in [0, 0.05) is 19.3 Å². The first-order chi connectivity index (χ1) is 7.82. The number of rotatable bonds is 3. The number of hydrogen-bond acceptors (Lipinski definition) is 5. The Balaban J connectivity index is 2.23. The van der Waals surface area contributed by atoms with Crippen LogP contribution in [0.3, 0.4) is 0 Å². The summed E-state index contributed by atoms with van der Waals surface area (Å²) >= 11 is 1.15. The maximum absolute atomic E-state index is 12.1. The second-order valence-corrected chi connectivity index (χ2v) is 9.47. The first-order valence-corrected chi connectivity index (χ1v) is 9.32. The Labute approximate surface area is 105 Å². The molecule has 1 aromatic rings. The summed E-state index contributed by atoms with van der Waals surface area (Å²) in [6.45, 7) is 0.344. The lowest BCUT2D eigenvalue weighted by Crippen LogP contribution is -2.31. The quantitative estimate of drug-likeness (QED) is 0.816. The van der Waals surface area contributed by atoms with Crippen LogP contribution in [-0.4, -0.2) is 45.7 Å². The molecule has 2 rings (SSSR count).